The molecule has 2 rings (SSSR count). The molecular weight excluding hydrogens is 248 g/mol. The second kappa shape index (κ2) is 5.00. The van der Waals surface area contributed by atoms with Gasteiger partial charge in [-0.25, -0.2) is 4.79 Å². The maximum Gasteiger partial charge on any atom is 0.410 e. The monoisotopic (exact) mass is 270 g/mol. The van der Waals surface area contributed by atoms with Crippen LogP contribution in [0.25, 0.3) is 0 Å². The van der Waals surface area contributed by atoms with Crippen molar-refractivity contribution in [1.82, 2.24) is 9.80 Å². The molecule has 0 aliphatic carbocycles. The molecule has 2 fully saturated rings. The van der Waals surface area contributed by atoms with E-state index in [9.17, 15) is 9.59 Å². The molecule has 0 saturated carbocycles. The lowest BCUT2D eigenvalue weighted by molar-refractivity contribution is -0.142. The predicted molar refractivity (Wildman–Crippen MR) is 68.7 cm³/mol. The van der Waals surface area contributed by atoms with Crippen LogP contribution in [0, 0.1) is 0 Å². The van der Waals surface area contributed by atoms with Gasteiger partial charge in [0.05, 0.1) is 13.7 Å². The number of methoxy groups -OCH3 is 1. The number of hydrogen-bond donors (Lipinski definition) is 0. The molecule has 2 aliphatic rings. The van der Waals surface area contributed by atoms with Crippen LogP contribution in [0.1, 0.15) is 27.2 Å². The molecule has 19 heavy (non-hydrogen) atoms. The number of rotatable bonds is 2. The van der Waals surface area contributed by atoms with Crippen molar-refractivity contribution in [2.24, 2.45) is 0 Å². The van der Waals surface area contributed by atoms with Gasteiger partial charge in [-0.3, -0.25) is 9.69 Å². The molecule has 0 aromatic carbocycles. The lowest BCUT2D eigenvalue weighted by atomic mass is 10.2. The quantitative estimate of drug-likeness (QED) is 0.696. The summed E-state index contributed by atoms with van der Waals surface area (Å²) in [7, 11) is 1.39. The molecule has 6 nitrogen and oxygen atoms in total. The highest BCUT2D eigenvalue weighted by Crippen LogP contribution is 2.31. The summed E-state index contributed by atoms with van der Waals surface area (Å²) in [6.07, 6.45) is 0.661. The molecule has 0 spiro atoms. The fraction of sp³-hybridized carbons (Fsp3) is 0.846. The van der Waals surface area contributed by atoms with Crippen LogP contribution in [0.5, 0.6) is 0 Å². The molecular formula is C13H22N2O4. The Bertz CT molecular complexity index is 377. The first-order valence-corrected chi connectivity index (χ1v) is 6.60. The van der Waals surface area contributed by atoms with Gasteiger partial charge in [-0.05, 0) is 27.2 Å². The number of piperazine rings is 1. The summed E-state index contributed by atoms with van der Waals surface area (Å²) < 4.78 is 10.1. The van der Waals surface area contributed by atoms with Crippen LogP contribution in [0.2, 0.25) is 0 Å². The second-order valence-corrected chi connectivity index (χ2v) is 6.18. The SMILES string of the molecule is COC(=O)CN1C[C@@H]2C[C@H]1CN2C(=O)OC(C)(C)C. The fourth-order valence-corrected chi connectivity index (χ4v) is 2.72. The molecule has 2 atom stereocenters. The maximum absolute atomic E-state index is 12.0. The van der Waals surface area contributed by atoms with Crippen LogP contribution in [-0.4, -0.2) is 66.3 Å². The van der Waals surface area contributed by atoms with Crippen molar-refractivity contribution in [2.45, 2.75) is 44.9 Å². The van der Waals surface area contributed by atoms with Gasteiger partial charge >= 0.3 is 12.1 Å². The molecule has 0 radical (unpaired) electrons. The largest absolute Gasteiger partial charge is 0.468 e. The van der Waals surface area contributed by atoms with Crippen LogP contribution in [0.4, 0.5) is 4.79 Å². The van der Waals surface area contributed by atoms with E-state index < -0.39 is 5.60 Å². The molecule has 0 unspecified atom stereocenters. The molecule has 1 amide bonds. The van der Waals surface area contributed by atoms with Crippen molar-refractivity contribution in [3.05, 3.63) is 0 Å². The van der Waals surface area contributed by atoms with E-state index >= 15 is 0 Å². The minimum Gasteiger partial charge on any atom is -0.468 e. The van der Waals surface area contributed by atoms with Gasteiger partial charge < -0.3 is 14.4 Å². The Labute approximate surface area is 113 Å². The van der Waals surface area contributed by atoms with E-state index in [2.05, 4.69) is 9.64 Å². The van der Waals surface area contributed by atoms with Crippen molar-refractivity contribution < 1.29 is 19.1 Å². The third-order valence-electron chi connectivity index (χ3n) is 3.54. The Morgan fingerprint density at radius 2 is 1.89 bits per heavy atom. The lowest BCUT2D eigenvalue weighted by Gasteiger charge is -2.34. The third kappa shape index (κ3) is 3.18. The van der Waals surface area contributed by atoms with E-state index in [1.54, 1.807) is 4.90 Å². The van der Waals surface area contributed by atoms with Crippen molar-refractivity contribution in [1.29, 1.82) is 0 Å². The number of carbonyl (C=O) groups excluding carboxylic acids is 2. The van der Waals surface area contributed by atoms with Crippen LogP contribution >= 0.6 is 0 Å². The average molecular weight is 270 g/mol. The molecule has 108 valence electrons. The minimum absolute atomic E-state index is 0.157. The van der Waals surface area contributed by atoms with Crippen LogP contribution in [0.15, 0.2) is 0 Å². The van der Waals surface area contributed by atoms with Gasteiger partial charge in [0.15, 0.2) is 0 Å². The van der Waals surface area contributed by atoms with Crippen molar-refractivity contribution in [2.75, 3.05) is 26.7 Å². The first-order valence-electron chi connectivity index (χ1n) is 6.60. The normalized spacial score (nSPS) is 26.6. The number of hydrogen-bond acceptors (Lipinski definition) is 5. The summed E-state index contributed by atoms with van der Waals surface area (Å²) in [5.41, 5.74) is -0.468. The number of esters is 1. The highest BCUT2D eigenvalue weighted by Gasteiger charge is 2.46. The molecule has 2 heterocycles. The van der Waals surface area contributed by atoms with Gasteiger partial charge in [-0.1, -0.05) is 0 Å². The number of ether oxygens (including phenoxy) is 2. The van der Waals surface area contributed by atoms with E-state index in [1.165, 1.54) is 7.11 Å². The molecule has 2 saturated heterocycles. The van der Waals surface area contributed by atoms with E-state index in [4.69, 9.17) is 4.74 Å². The zero-order valence-corrected chi connectivity index (χ0v) is 12.0. The lowest BCUT2D eigenvalue weighted by Crippen LogP contribution is -2.51. The minimum atomic E-state index is -0.468. The molecule has 0 aromatic heterocycles. The Morgan fingerprint density at radius 1 is 1.21 bits per heavy atom. The Hall–Kier alpha value is -1.30. The summed E-state index contributed by atoms with van der Waals surface area (Å²) >= 11 is 0. The smallest absolute Gasteiger partial charge is 0.410 e. The number of fused-ring (bicyclic) bond motifs is 2. The van der Waals surface area contributed by atoms with Gasteiger partial charge in [0.25, 0.3) is 0 Å². The van der Waals surface area contributed by atoms with Gasteiger partial charge in [-0.15, -0.1) is 0 Å². The third-order valence-corrected chi connectivity index (χ3v) is 3.54. The Morgan fingerprint density at radius 3 is 2.37 bits per heavy atom. The molecule has 0 aromatic rings. The number of carbonyl (C=O) groups is 2. The molecule has 2 bridgehead atoms. The van der Waals surface area contributed by atoms with Crippen molar-refractivity contribution in [3.63, 3.8) is 0 Å². The first-order chi connectivity index (χ1) is 8.80. The number of nitrogens with zero attached hydrogens (tertiary/aromatic N) is 2. The van der Waals surface area contributed by atoms with Gasteiger partial charge in [0, 0.05) is 25.2 Å². The average Bonchev–Trinajstić information content (AvgIpc) is 2.85. The maximum atomic E-state index is 12.0. The van der Waals surface area contributed by atoms with Gasteiger partial charge in [0.2, 0.25) is 0 Å². The first kappa shape index (κ1) is 14.1. The molecule has 0 N–H and O–H groups in total. The van der Waals surface area contributed by atoms with Gasteiger partial charge in [0.1, 0.15) is 5.60 Å². The summed E-state index contributed by atoms with van der Waals surface area (Å²) in [5, 5.41) is 0. The van der Waals surface area contributed by atoms with Crippen LogP contribution in [-0.2, 0) is 14.3 Å². The van der Waals surface area contributed by atoms with Crippen LogP contribution in [0.3, 0.4) is 0 Å². The van der Waals surface area contributed by atoms with Crippen molar-refractivity contribution in [3.8, 4) is 0 Å². The van der Waals surface area contributed by atoms with Crippen molar-refractivity contribution >= 4 is 12.1 Å². The zero-order chi connectivity index (χ0) is 14.2. The number of likely N-dealkylation sites (tertiary alicyclic amines) is 2. The zero-order valence-electron chi connectivity index (χ0n) is 12.0. The summed E-state index contributed by atoms with van der Waals surface area (Å²) in [4.78, 5) is 27.2. The number of amides is 1. The highest BCUT2D eigenvalue weighted by atomic mass is 16.6. The molecule has 2 aliphatic heterocycles. The van der Waals surface area contributed by atoms with Gasteiger partial charge in [-0.2, -0.15) is 0 Å². The van der Waals surface area contributed by atoms with Crippen LogP contribution < -0.4 is 0 Å². The Balaban J connectivity index is 1.89. The van der Waals surface area contributed by atoms with E-state index in [0.29, 0.717) is 13.1 Å². The van der Waals surface area contributed by atoms with E-state index in [1.807, 2.05) is 20.8 Å². The summed E-state index contributed by atoms with van der Waals surface area (Å²) in [5.74, 6) is -0.226. The topological polar surface area (TPSA) is 59.1 Å². The standard InChI is InChI=1S/C13H22N2O4/c1-13(2,3)19-12(17)15-7-9-5-10(15)6-14(9)8-11(16)18-4/h9-10H,5-8H2,1-4H3/t9-,10-/m0/s1. The Kier molecular flexibility index (Phi) is 3.71. The fourth-order valence-electron chi connectivity index (χ4n) is 2.72. The second-order valence-electron chi connectivity index (χ2n) is 6.18. The summed E-state index contributed by atoms with van der Waals surface area (Å²) in [6, 6.07) is 0.404. The van der Waals surface area contributed by atoms with E-state index in [0.717, 1.165) is 13.0 Å². The predicted octanol–water partition coefficient (Wildman–Crippen LogP) is 0.853. The molecule has 6 heteroatoms. The highest BCUT2D eigenvalue weighted by molar-refractivity contribution is 5.72. The van der Waals surface area contributed by atoms with E-state index in [-0.39, 0.29) is 24.1 Å². The summed E-state index contributed by atoms with van der Waals surface area (Å²) in [6.45, 7) is 7.25.